The Morgan fingerprint density at radius 3 is 2.14 bits per heavy atom. The van der Waals surface area contributed by atoms with Crippen molar-refractivity contribution in [3.05, 3.63) is 78.4 Å². The van der Waals surface area contributed by atoms with Gasteiger partial charge in [0.1, 0.15) is 5.75 Å². The van der Waals surface area contributed by atoms with Crippen LogP contribution in [0.5, 0.6) is 5.75 Å². The lowest BCUT2D eigenvalue weighted by Crippen LogP contribution is -2.22. The summed E-state index contributed by atoms with van der Waals surface area (Å²) in [5, 5.41) is 2.40. The standard InChI is InChI=1S/C21H23NO.H3N.H2O4S/c1-22(2)20(18-10-4-3-5-11-18)15-16-23-21-14-8-12-17-9-6-7-13-19(17)21;;1-5(2,3)4/h3-14,20H,15-16H2,1-2H3;1H3;(H2,1,2,3,4)/t20-;;/m0../s1. The lowest BCUT2D eigenvalue weighted by Gasteiger charge is -2.25. The molecule has 0 saturated carbocycles. The van der Waals surface area contributed by atoms with Crippen LogP contribution in [0.1, 0.15) is 18.0 Å². The molecule has 7 nitrogen and oxygen atoms in total. The minimum Gasteiger partial charge on any atom is -0.726 e. The molecular weight excluding hydrogens is 392 g/mol. The summed E-state index contributed by atoms with van der Waals surface area (Å²) in [6.07, 6.45) is 0.959. The van der Waals surface area contributed by atoms with Crippen LogP contribution in [0.2, 0.25) is 0 Å². The van der Waals surface area contributed by atoms with E-state index in [1.807, 2.05) is 0 Å². The monoisotopic (exact) mass is 420 g/mol. The Labute approximate surface area is 172 Å². The van der Waals surface area contributed by atoms with Crippen LogP contribution >= 0.6 is 0 Å². The van der Waals surface area contributed by atoms with E-state index in [1.165, 1.54) is 16.3 Å². The first kappa shape index (κ1) is 24.5. The maximum atomic E-state index is 8.63. The Morgan fingerprint density at radius 2 is 1.52 bits per heavy atom. The zero-order valence-electron chi connectivity index (χ0n) is 16.9. The van der Waals surface area contributed by atoms with E-state index in [-0.39, 0.29) is 6.15 Å². The summed E-state index contributed by atoms with van der Waals surface area (Å²) >= 11 is 0. The Hall–Kier alpha value is -2.49. The number of nitrogens with zero attached hydrogens (tertiary/aromatic N) is 1. The number of benzene rings is 3. The SMILES string of the molecule is CN(C)[C@@H](CCOc1cccc2ccccc12)c1ccccc1.O=S(=O)([O-])O.[NH4+]. The number of rotatable bonds is 6. The molecular formula is C21H28N2O5S. The highest BCUT2D eigenvalue weighted by atomic mass is 32.3. The van der Waals surface area contributed by atoms with Crippen molar-refractivity contribution in [2.75, 3.05) is 20.7 Å². The molecule has 3 aromatic rings. The summed E-state index contributed by atoms with van der Waals surface area (Å²) < 4.78 is 38.9. The fraction of sp³-hybridized carbons (Fsp3) is 0.238. The molecule has 0 saturated heterocycles. The molecule has 0 aromatic heterocycles. The number of hydrogen-bond donors (Lipinski definition) is 2. The second-order valence-corrected chi connectivity index (χ2v) is 7.29. The van der Waals surface area contributed by atoms with Crippen LogP contribution in [0.4, 0.5) is 0 Å². The molecule has 0 aliphatic carbocycles. The lowest BCUT2D eigenvalue weighted by molar-refractivity contribution is 0.225. The van der Waals surface area contributed by atoms with Gasteiger partial charge in [0.25, 0.3) is 0 Å². The van der Waals surface area contributed by atoms with Crippen molar-refractivity contribution in [3.8, 4) is 5.75 Å². The Balaban J connectivity index is 0.000000628. The van der Waals surface area contributed by atoms with Gasteiger partial charge in [0.2, 0.25) is 10.4 Å². The Kier molecular flexibility index (Phi) is 9.73. The summed E-state index contributed by atoms with van der Waals surface area (Å²) in [6.45, 7) is 0.700. The fourth-order valence-electron chi connectivity index (χ4n) is 3.00. The normalized spacial score (nSPS) is 11.9. The van der Waals surface area contributed by atoms with E-state index in [0.717, 1.165) is 12.2 Å². The number of ether oxygens (including phenoxy) is 1. The molecule has 0 bridgehead atoms. The highest BCUT2D eigenvalue weighted by molar-refractivity contribution is 7.79. The predicted molar refractivity (Wildman–Crippen MR) is 115 cm³/mol. The first-order valence-corrected chi connectivity index (χ1v) is 10.1. The molecule has 0 spiro atoms. The molecule has 5 N–H and O–H groups in total. The molecule has 0 heterocycles. The average molecular weight is 421 g/mol. The summed E-state index contributed by atoms with van der Waals surface area (Å²) in [5.74, 6) is 0.966. The lowest BCUT2D eigenvalue weighted by atomic mass is 10.0. The highest BCUT2D eigenvalue weighted by Crippen LogP contribution is 2.27. The van der Waals surface area contributed by atoms with Crippen LogP contribution < -0.4 is 10.9 Å². The predicted octanol–water partition coefficient (Wildman–Crippen LogP) is 4.29. The number of fused-ring (bicyclic) bond motifs is 1. The third-order valence-electron chi connectivity index (χ3n) is 4.21. The topological polar surface area (TPSA) is 126 Å². The van der Waals surface area contributed by atoms with Crippen molar-refractivity contribution in [1.29, 1.82) is 0 Å². The summed E-state index contributed by atoms with van der Waals surface area (Å²) in [4.78, 5) is 2.25. The third kappa shape index (κ3) is 8.59. The van der Waals surface area contributed by atoms with E-state index < -0.39 is 10.4 Å². The van der Waals surface area contributed by atoms with E-state index >= 15 is 0 Å². The molecule has 0 radical (unpaired) electrons. The quantitative estimate of drug-likeness (QED) is 0.452. The molecule has 3 aromatic carbocycles. The zero-order chi connectivity index (χ0) is 20.6. The molecule has 29 heavy (non-hydrogen) atoms. The summed E-state index contributed by atoms with van der Waals surface area (Å²) in [7, 11) is -0.675. The van der Waals surface area contributed by atoms with Crippen molar-refractivity contribution in [2.45, 2.75) is 12.5 Å². The molecule has 0 aliphatic rings. The minimum absolute atomic E-state index is 0. The first-order valence-electron chi connectivity index (χ1n) is 8.76. The van der Waals surface area contributed by atoms with Crippen molar-refractivity contribution in [3.63, 3.8) is 0 Å². The van der Waals surface area contributed by atoms with Crippen molar-refractivity contribution in [1.82, 2.24) is 11.1 Å². The highest BCUT2D eigenvalue weighted by Gasteiger charge is 2.14. The minimum atomic E-state index is -4.92. The van der Waals surface area contributed by atoms with Gasteiger partial charge < -0.3 is 20.3 Å². The van der Waals surface area contributed by atoms with Gasteiger partial charge in [-0.1, -0.05) is 66.7 Å². The third-order valence-corrected chi connectivity index (χ3v) is 4.21. The van der Waals surface area contributed by atoms with Crippen molar-refractivity contribution >= 4 is 21.2 Å². The van der Waals surface area contributed by atoms with Gasteiger partial charge in [0.05, 0.1) is 6.61 Å². The van der Waals surface area contributed by atoms with Crippen LogP contribution in [0.3, 0.4) is 0 Å². The largest absolute Gasteiger partial charge is 0.726 e. The van der Waals surface area contributed by atoms with Gasteiger partial charge in [-0.25, -0.2) is 8.42 Å². The fourth-order valence-corrected chi connectivity index (χ4v) is 3.00. The summed E-state index contributed by atoms with van der Waals surface area (Å²) in [5.41, 5.74) is 1.33. The van der Waals surface area contributed by atoms with Crippen LogP contribution in [0.15, 0.2) is 72.8 Å². The summed E-state index contributed by atoms with van der Waals surface area (Å²) in [6, 6.07) is 25.6. The molecule has 1 atom stereocenters. The first-order chi connectivity index (χ1) is 13.3. The Morgan fingerprint density at radius 1 is 0.966 bits per heavy atom. The van der Waals surface area contributed by atoms with Gasteiger partial charge in [-0.3, -0.25) is 4.55 Å². The maximum absolute atomic E-state index is 8.63. The van der Waals surface area contributed by atoms with E-state index in [9.17, 15) is 0 Å². The van der Waals surface area contributed by atoms with Crippen LogP contribution in [0, 0.1) is 0 Å². The molecule has 0 amide bonds. The van der Waals surface area contributed by atoms with Gasteiger partial charge in [-0.05, 0) is 31.1 Å². The second-order valence-electron chi connectivity index (χ2n) is 6.43. The molecule has 0 fully saturated rings. The van der Waals surface area contributed by atoms with Gasteiger partial charge in [0.15, 0.2) is 0 Å². The number of quaternary nitrogens is 1. The van der Waals surface area contributed by atoms with Crippen molar-refractivity contribution < 1.29 is 22.3 Å². The van der Waals surface area contributed by atoms with Gasteiger partial charge in [-0.15, -0.1) is 0 Å². The van der Waals surface area contributed by atoms with Gasteiger partial charge >= 0.3 is 0 Å². The zero-order valence-corrected chi connectivity index (χ0v) is 17.7. The second kappa shape index (κ2) is 11.5. The van der Waals surface area contributed by atoms with E-state index in [4.69, 9.17) is 22.3 Å². The maximum Gasteiger partial charge on any atom is 0.215 e. The Bertz CT molecular complexity index is 965. The van der Waals surface area contributed by atoms with E-state index in [0.29, 0.717) is 12.6 Å². The van der Waals surface area contributed by atoms with Crippen molar-refractivity contribution in [2.24, 2.45) is 0 Å². The molecule has 3 rings (SSSR count). The molecule has 0 aliphatic heterocycles. The van der Waals surface area contributed by atoms with Gasteiger partial charge in [0, 0.05) is 17.8 Å². The number of hydrogen-bond acceptors (Lipinski definition) is 5. The van der Waals surface area contributed by atoms with Gasteiger partial charge in [-0.2, -0.15) is 0 Å². The van der Waals surface area contributed by atoms with E-state index in [2.05, 4.69) is 91.8 Å². The smallest absolute Gasteiger partial charge is 0.215 e. The van der Waals surface area contributed by atoms with Crippen LogP contribution in [0.25, 0.3) is 10.8 Å². The van der Waals surface area contributed by atoms with Crippen LogP contribution in [-0.2, 0) is 10.4 Å². The van der Waals surface area contributed by atoms with Crippen LogP contribution in [-0.4, -0.2) is 43.1 Å². The van der Waals surface area contributed by atoms with E-state index in [1.54, 1.807) is 0 Å². The average Bonchev–Trinajstić information content (AvgIpc) is 2.64. The molecule has 158 valence electrons. The molecule has 0 unspecified atom stereocenters. The molecule has 8 heteroatoms.